The van der Waals surface area contributed by atoms with Crippen LogP contribution in [0.1, 0.15) is 37.8 Å². The van der Waals surface area contributed by atoms with E-state index in [1.807, 2.05) is 4.90 Å². The number of likely N-dealkylation sites (N-methyl/N-ethyl adjacent to an activating group) is 1. The molecule has 10 heteroatoms. The Bertz CT molecular complexity index is 1030. The Morgan fingerprint density at radius 1 is 1.06 bits per heavy atom. The smallest absolute Gasteiger partial charge is 0.338 e. The van der Waals surface area contributed by atoms with Gasteiger partial charge in [0.05, 0.1) is 32.4 Å². The Hall–Kier alpha value is -3.27. The van der Waals surface area contributed by atoms with Crippen molar-refractivity contribution in [3.8, 4) is 11.5 Å². The Morgan fingerprint density at radius 2 is 1.75 bits per heavy atom. The van der Waals surface area contributed by atoms with Gasteiger partial charge in [-0.1, -0.05) is 12.5 Å². The second-order valence-electron chi connectivity index (χ2n) is 9.37. The van der Waals surface area contributed by atoms with E-state index in [1.165, 1.54) is 12.0 Å². The van der Waals surface area contributed by atoms with Crippen molar-refractivity contribution in [3.05, 3.63) is 35.0 Å². The molecule has 0 radical (unpaired) electrons. The highest BCUT2D eigenvalue weighted by atomic mass is 16.5. The summed E-state index contributed by atoms with van der Waals surface area (Å²) in [6, 6.07) is 4.30. The van der Waals surface area contributed by atoms with E-state index in [0.717, 1.165) is 19.3 Å². The fourth-order valence-corrected chi connectivity index (χ4v) is 4.93. The molecule has 0 aromatic heterocycles. The van der Waals surface area contributed by atoms with Crippen LogP contribution in [0.4, 0.5) is 4.79 Å². The van der Waals surface area contributed by atoms with Crippen LogP contribution < -0.4 is 14.8 Å². The maximum Gasteiger partial charge on any atom is 0.338 e. The number of hydrogen-bond acceptors (Lipinski definition) is 7. The van der Waals surface area contributed by atoms with Crippen LogP contribution in [-0.2, 0) is 14.3 Å². The molecule has 10 nitrogen and oxygen atoms in total. The van der Waals surface area contributed by atoms with Gasteiger partial charge in [-0.05, 0) is 37.5 Å². The highest BCUT2D eigenvalue weighted by Gasteiger charge is 2.38. The molecule has 2 heterocycles. The summed E-state index contributed by atoms with van der Waals surface area (Å²) in [4.78, 5) is 44.5. The average Bonchev–Trinajstić information content (AvgIpc) is 2.85. The Balaban J connectivity index is 1.61. The van der Waals surface area contributed by atoms with E-state index in [2.05, 4.69) is 10.2 Å². The number of amides is 3. The molecule has 1 unspecified atom stereocenters. The maximum absolute atomic E-state index is 13.2. The van der Waals surface area contributed by atoms with Crippen molar-refractivity contribution in [2.24, 2.45) is 5.92 Å². The lowest BCUT2D eigenvalue weighted by Gasteiger charge is -2.41. The van der Waals surface area contributed by atoms with Gasteiger partial charge in [-0.2, -0.15) is 0 Å². The summed E-state index contributed by atoms with van der Waals surface area (Å²) in [7, 11) is 4.75. The summed E-state index contributed by atoms with van der Waals surface area (Å²) in [5.41, 5.74) is 1.67. The molecule has 3 aliphatic rings. The lowest BCUT2D eigenvalue weighted by atomic mass is 9.84. The summed E-state index contributed by atoms with van der Waals surface area (Å²) >= 11 is 0. The van der Waals surface area contributed by atoms with Crippen molar-refractivity contribution in [1.29, 1.82) is 0 Å². The van der Waals surface area contributed by atoms with Crippen molar-refractivity contribution in [1.82, 2.24) is 20.0 Å². The van der Waals surface area contributed by atoms with Gasteiger partial charge < -0.3 is 24.4 Å². The molecule has 1 saturated carbocycles. The predicted molar refractivity (Wildman–Crippen MR) is 133 cm³/mol. The van der Waals surface area contributed by atoms with Crippen LogP contribution in [0.25, 0.3) is 0 Å². The van der Waals surface area contributed by atoms with E-state index in [1.54, 1.807) is 39.3 Å². The highest BCUT2D eigenvalue weighted by Crippen LogP contribution is 2.36. The first kappa shape index (κ1) is 25.8. The number of rotatable bonds is 8. The van der Waals surface area contributed by atoms with Gasteiger partial charge in [-0.15, -0.1) is 0 Å². The molecular formula is C26H36N4O6. The van der Waals surface area contributed by atoms with Crippen LogP contribution in [0.3, 0.4) is 0 Å². The minimum Gasteiger partial charge on any atom is -0.493 e. The molecule has 4 rings (SSSR count). The van der Waals surface area contributed by atoms with Crippen molar-refractivity contribution in [2.45, 2.75) is 32.2 Å². The minimum absolute atomic E-state index is 0.185. The fourth-order valence-electron chi connectivity index (χ4n) is 4.93. The molecule has 36 heavy (non-hydrogen) atoms. The second-order valence-corrected chi connectivity index (χ2v) is 9.37. The monoisotopic (exact) mass is 500 g/mol. The van der Waals surface area contributed by atoms with Crippen LogP contribution >= 0.6 is 0 Å². The number of methoxy groups -OCH3 is 2. The average molecular weight is 501 g/mol. The molecule has 0 spiro atoms. The van der Waals surface area contributed by atoms with Crippen molar-refractivity contribution in [3.63, 3.8) is 0 Å². The maximum atomic E-state index is 13.2. The summed E-state index contributed by atoms with van der Waals surface area (Å²) in [6.07, 6.45) is 3.12. The number of nitrogens with zero attached hydrogens (tertiary/aromatic N) is 3. The molecule has 1 aliphatic carbocycles. The van der Waals surface area contributed by atoms with E-state index in [-0.39, 0.29) is 24.5 Å². The van der Waals surface area contributed by atoms with E-state index in [0.29, 0.717) is 61.1 Å². The third kappa shape index (κ3) is 5.13. The highest BCUT2D eigenvalue weighted by molar-refractivity contribution is 5.95. The topological polar surface area (TPSA) is 101 Å². The molecule has 3 amide bonds. The molecule has 196 valence electrons. The van der Waals surface area contributed by atoms with E-state index in [4.69, 9.17) is 14.2 Å². The van der Waals surface area contributed by atoms with Gasteiger partial charge in [0, 0.05) is 51.4 Å². The SMILES string of the molecule is CCOC(=O)C1=C(CN2CCN(C(=O)C3CCC3)CC2)N(C)C(=O)NC1c1ccc(OC)c(OC)c1. The Labute approximate surface area is 212 Å². The zero-order valence-electron chi connectivity index (χ0n) is 21.5. The van der Waals surface area contributed by atoms with Crippen LogP contribution in [-0.4, -0.2) is 93.2 Å². The standard InChI is InChI=1S/C26H36N4O6/c1-5-36-25(32)22-19(16-29-11-13-30(14-12-29)24(31)17-7-6-8-17)28(2)26(33)27-23(22)18-9-10-20(34-3)21(15-18)35-4/h9-10,15,17,23H,5-8,11-14,16H2,1-4H3,(H,27,33). The molecule has 2 fully saturated rings. The third-order valence-electron chi connectivity index (χ3n) is 7.32. The molecule has 2 aliphatic heterocycles. The number of nitrogens with one attached hydrogen (secondary N) is 1. The largest absolute Gasteiger partial charge is 0.493 e. The van der Waals surface area contributed by atoms with Gasteiger partial charge in [0.25, 0.3) is 0 Å². The van der Waals surface area contributed by atoms with Crippen LogP contribution in [0.15, 0.2) is 29.5 Å². The van der Waals surface area contributed by atoms with Gasteiger partial charge in [0.15, 0.2) is 11.5 Å². The molecule has 0 bridgehead atoms. The van der Waals surface area contributed by atoms with Gasteiger partial charge in [0.2, 0.25) is 5.91 Å². The Morgan fingerprint density at radius 3 is 2.33 bits per heavy atom. The molecular weight excluding hydrogens is 464 g/mol. The zero-order chi connectivity index (χ0) is 25.8. The molecule has 1 saturated heterocycles. The molecule has 1 aromatic rings. The van der Waals surface area contributed by atoms with Gasteiger partial charge >= 0.3 is 12.0 Å². The zero-order valence-corrected chi connectivity index (χ0v) is 21.5. The predicted octanol–water partition coefficient (Wildman–Crippen LogP) is 2.16. The number of hydrogen-bond donors (Lipinski definition) is 1. The lowest BCUT2D eigenvalue weighted by molar-refractivity contribution is -0.140. The molecule has 1 aromatic carbocycles. The first-order valence-corrected chi connectivity index (χ1v) is 12.5. The van der Waals surface area contributed by atoms with Crippen molar-refractivity contribution < 1.29 is 28.6 Å². The molecule has 1 N–H and O–H groups in total. The van der Waals surface area contributed by atoms with Gasteiger partial charge in [-0.3, -0.25) is 14.6 Å². The number of ether oxygens (including phenoxy) is 3. The van der Waals surface area contributed by atoms with Gasteiger partial charge in [-0.25, -0.2) is 9.59 Å². The molecule has 1 atom stereocenters. The number of carbonyl (C=O) groups excluding carboxylic acids is 3. The normalized spacial score (nSPS) is 21.1. The number of esters is 1. The summed E-state index contributed by atoms with van der Waals surface area (Å²) in [5, 5.41) is 2.94. The first-order valence-electron chi connectivity index (χ1n) is 12.5. The van der Waals surface area contributed by atoms with E-state index in [9.17, 15) is 14.4 Å². The minimum atomic E-state index is -0.705. The quantitative estimate of drug-likeness (QED) is 0.546. The van der Waals surface area contributed by atoms with Crippen LogP contribution in [0, 0.1) is 5.92 Å². The van der Waals surface area contributed by atoms with Crippen LogP contribution in [0.5, 0.6) is 11.5 Å². The second kappa shape index (κ2) is 11.2. The third-order valence-corrected chi connectivity index (χ3v) is 7.32. The number of urea groups is 1. The van der Waals surface area contributed by atoms with E-state index < -0.39 is 12.0 Å². The fraction of sp³-hybridized carbons (Fsp3) is 0.577. The van der Waals surface area contributed by atoms with E-state index >= 15 is 0 Å². The number of carbonyl (C=O) groups is 3. The summed E-state index contributed by atoms with van der Waals surface area (Å²) in [6.45, 7) is 5.01. The Kier molecular flexibility index (Phi) is 8.03. The lowest BCUT2D eigenvalue weighted by Crippen LogP contribution is -2.54. The van der Waals surface area contributed by atoms with Crippen molar-refractivity contribution in [2.75, 3.05) is 60.6 Å². The first-order chi connectivity index (χ1) is 17.4. The summed E-state index contributed by atoms with van der Waals surface area (Å²) < 4.78 is 16.2. The van der Waals surface area contributed by atoms with Crippen LogP contribution in [0.2, 0.25) is 0 Å². The van der Waals surface area contributed by atoms with Crippen molar-refractivity contribution >= 4 is 17.9 Å². The number of benzene rings is 1. The van der Waals surface area contributed by atoms with Gasteiger partial charge in [0.1, 0.15) is 0 Å². The summed E-state index contributed by atoms with van der Waals surface area (Å²) in [5.74, 6) is 1.02. The number of piperazine rings is 1.